The number of hydrogen-bond acceptors (Lipinski definition) is 6. The van der Waals surface area contributed by atoms with E-state index >= 15 is 0 Å². The summed E-state index contributed by atoms with van der Waals surface area (Å²) in [6, 6.07) is 8.85. The standard InChI is InChI=1S/C21H18FN5O3/c22-18-16(14-10-23-8-7-13(14)11-4-5-11)17(18)20(28)27-30-21(29)25-15-3-1-2-12-6-9-24-26-19(12)15/h1-3,6-11,16-18H,4-5H2,(H,25,29)(H,27,28). The van der Waals surface area contributed by atoms with Crippen LogP contribution in [0.1, 0.15) is 35.8 Å². The number of hydroxylamine groups is 1. The predicted octanol–water partition coefficient (Wildman–Crippen LogP) is 3.23. The molecule has 1 aromatic carbocycles. The highest BCUT2D eigenvalue weighted by molar-refractivity contribution is 5.97. The number of anilines is 1. The average Bonchev–Trinajstić information content (AvgIpc) is 3.69. The molecule has 152 valence electrons. The van der Waals surface area contributed by atoms with Crippen LogP contribution < -0.4 is 10.8 Å². The van der Waals surface area contributed by atoms with Crippen molar-refractivity contribution in [3.05, 3.63) is 60.0 Å². The van der Waals surface area contributed by atoms with E-state index in [1.54, 1.807) is 36.8 Å². The number of halogens is 1. The molecule has 3 unspecified atom stereocenters. The number of aromatic nitrogens is 3. The zero-order chi connectivity index (χ0) is 20.7. The van der Waals surface area contributed by atoms with Gasteiger partial charge in [0.05, 0.1) is 17.8 Å². The van der Waals surface area contributed by atoms with Gasteiger partial charge in [0.25, 0.3) is 5.91 Å². The van der Waals surface area contributed by atoms with E-state index < -0.39 is 30.0 Å². The number of rotatable bonds is 4. The summed E-state index contributed by atoms with van der Waals surface area (Å²) in [6.45, 7) is 0. The van der Waals surface area contributed by atoms with Crippen LogP contribution >= 0.6 is 0 Å². The topological polar surface area (TPSA) is 106 Å². The van der Waals surface area contributed by atoms with Crippen LogP contribution in [0.25, 0.3) is 10.9 Å². The van der Waals surface area contributed by atoms with Crippen molar-refractivity contribution in [2.24, 2.45) is 5.92 Å². The number of carbonyl (C=O) groups is 2. The molecule has 5 rings (SSSR count). The van der Waals surface area contributed by atoms with E-state index in [4.69, 9.17) is 4.84 Å². The first-order valence-electron chi connectivity index (χ1n) is 9.69. The van der Waals surface area contributed by atoms with Crippen LogP contribution in [-0.4, -0.2) is 33.4 Å². The lowest BCUT2D eigenvalue weighted by molar-refractivity contribution is -0.131. The molecule has 2 N–H and O–H groups in total. The molecule has 2 aromatic heterocycles. The van der Waals surface area contributed by atoms with Gasteiger partial charge < -0.3 is 4.84 Å². The first kappa shape index (κ1) is 18.4. The number of hydrogen-bond donors (Lipinski definition) is 2. The number of pyridine rings is 1. The number of benzene rings is 1. The largest absolute Gasteiger partial charge is 0.436 e. The van der Waals surface area contributed by atoms with E-state index in [0.29, 0.717) is 17.1 Å². The molecule has 8 nitrogen and oxygen atoms in total. The minimum absolute atomic E-state index is 0.386. The Bertz CT molecular complexity index is 1130. The van der Waals surface area contributed by atoms with Crippen LogP contribution in [0.15, 0.2) is 48.9 Å². The molecule has 2 aliphatic rings. The van der Waals surface area contributed by atoms with Crippen molar-refractivity contribution in [2.75, 3.05) is 5.32 Å². The molecule has 2 amide bonds. The third-order valence-corrected chi connectivity index (χ3v) is 5.53. The minimum Gasteiger partial charge on any atom is -0.321 e. The predicted molar refractivity (Wildman–Crippen MR) is 105 cm³/mol. The Hall–Kier alpha value is -3.62. The van der Waals surface area contributed by atoms with Crippen molar-refractivity contribution in [1.82, 2.24) is 20.7 Å². The summed E-state index contributed by atoms with van der Waals surface area (Å²) in [4.78, 5) is 33.3. The first-order chi connectivity index (χ1) is 14.6. The van der Waals surface area contributed by atoms with Gasteiger partial charge >= 0.3 is 6.09 Å². The second-order valence-electron chi connectivity index (χ2n) is 7.53. The molecule has 3 aromatic rings. The Labute approximate surface area is 170 Å². The summed E-state index contributed by atoms with van der Waals surface area (Å²) in [5, 5.41) is 11.1. The third-order valence-electron chi connectivity index (χ3n) is 5.53. The molecule has 0 bridgehead atoms. The van der Waals surface area contributed by atoms with Gasteiger partial charge in [-0.2, -0.15) is 10.6 Å². The number of nitrogens with zero attached hydrogens (tertiary/aromatic N) is 3. The lowest BCUT2D eigenvalue weighted by atomic mass is 10.0. The van der Waals surface area contributed by atoms with Gasteiger partial charge in [0.1, 0.15) is 11.7 Å². The van der Waals surface area contributed by atoms with Crippen LogP contribution in [0.3, 0.4) is 0 Å². The van der Waals surface area contributed by atoms with Crippen LogP contribution in [0.4, 0.5) is 14.9 Å². The molecule has 0 radical (unpaired) electrons. The molecule has 0 saturated heterocycles. The summed E-state index contributed by atoms with van der Waals surface area (Å²) in [6.07, 6.45) is 4.76. The molecule has 2 saturated carbocycles. The maximum Gasteiger partial charge on any atom is 0.436 e. The van der Waals surface area contributed by atoms with Gasteiger partial charge in [0.15, 0.2) is 0 Å². The SMILES string of the molecule is O=C(Nc1cccc2ccnnc12)ONC(=O)C1C(F)C1c1cnccc1C1CC1. The Morgan fingerprint density at radius 2 is 1.97 bits per heavy atom. The highest BCUT2D eigenvalue weighted by Gasteiger charge is 2.58. The third kappa shape index (κ3) is 3.42. The molecule has 0 aliphatic heterocycles. The fourth-order valence-electron chi connectivity index (χ4n) is 3.82. The van der Waals surface area contributed by atoms with Crippen molar-refractivity contribution >= 4 is 28.6 Å². The molecule has 2 fully saturated rings. The Kier molecular flexibility index (Phi) is 4.50. The maximum absolute atomic E-state index is 14.4. The summed E-state index contributed by atoms with van der Waals surface area (Å²) < 4.78 is 14.4. The van der Waals surface area contributed by atoms with Crippen LogP contribution in [0.5, 0.6) is 0 Å². The minimum atomic E-state index is -1.33. The Morgan fingerprint density at radius 1 is 1.10 bits per heavy atom. The second-order valence-corrected chi connectivity index (χ2v) is 7.53. The van der Waals surface area contributed by atoms with Gasteiger partial charge in [-0.25, -0.2) is 9.18 Å². The molecule has 0 spiro atoms. The molecule has 30 heavy (non-hydrogen) atoms. The smallest absolute Gasteiger partial charge is 0.321 e. The van der Waals surface area contributed by atoms with Crippen molar-refractivity contribution in [3.8, 4) is 0 Å². The maximum atomic E-state index is 14.4. The number of nitrogens with one attached hydrogen (secondary N) is 2. The second kappa shape index (κ2) is 7.33. The normalized spacial score (nSPS) is 22.4. The molecule has 2 heterocycles. The van der Waals surface area contributed by atoms with Gasteiger partial charge in [-0.15, -0.1) is 5.10 Å². The van der Waals surface area contributed by atoms with E-state index in [-0.39, 0.29) is 0 Å². The van der Waals surface area contributed by atoms with Gasteiger partial charge in [-0.1, -0.05) is 12.1 Å². The average molecular weight is 407 g/mol. The zero-order valence-corrected chi connectivity index (χ0v) is 15.8. The van der Waals surface area contributed by atoms with Gasteiger partial charge in [-0.05, 0) is 48.1 Å². The monoisotopic (exact) mass is 407 g/mol. The summed E-state index contributed by atoms with van der Waals surface area (Å²) in [5.74, 6) is -1.71. The summed E-state index contributed by atoms with van der Waals surface area (Å²) >= 11 is 0. The fraction of sp³-hybridized carbons (Fsp3) is 0.286. The quantitative estimate of drug-likeness (QED) is 0.643. The van der Waals surface area contributed by atoms with Gasteiger partial charge in [-0.3, -0.25) is 15.1 Å². The van der Waals surface area contributed by atoms with Crippen LogP contribution in [0, 0.1) is 5.92 Å². The number of carbonyl (C=O) groups excluding carboxylic acids is 2. The lowest BCUT2D eigenvalue weighted by Crippen LogP contribution is -2.31. The highest BCUT2D eigenvalue weighted by atomic mass is 19.1. The lowest BCUT2D eigenvalue weighted by Gasteiger charge is -2.09. The van der Waals surface area contributed by atoms with E-state index in [2.05, 4.69) is 26.0 Å². The molecule has 2 aliphatic carbocycles. The van der Waals surface area contributed by atoms with Gasteiger partial charge in [0.2, 0.25) is 0 Å². The van der Waals surface area contributed by atoms with E-state index in [1.165, 1.54) is 0 Å². The van der Waals surface area contributed by atoms with Crippen LogP contribution in [0.2, 0.25) is 0 Å². The Balaban J connectivity index is 1.21. The number of fused-ring (bicyclic) bond motifs is 1. The summed E-state index contributed by atoms with van der Waals surface area (Å²) in [7, 11) is 0. The summed E-state index contributed by atoms with van der Waals surface area (Å²) in [5.41, 5.74) is 4.76. The molecule has 9 heteroatoms. The molecular weight excluding hydrogens is 389 g/mol. The fourth-order valence-corrected chi connectivity index (χ4v) is 3.82. The van der Waals surface area contributed by atoms with E-state index in [1.807, 2.05) is 12.1 Å². The van der Waals surface area contributed by atoms with E-state index in [0.717, 1.165) is 29.4 Å². The van der Waals surface area contributed by atoms with Crippen molar-refractivity contribution < 1.29 is 18.8 Å². The van der Waals surface area contributed by atoms with Crippen molar-refractivity contribution in [3.63, 3.8) is 0 Å². The van der Waals surface area contributed by atoms with Crippen LogP contribution in [-0.2, 0) is 9.63 Å². The van der Waals surface area contributed by atoms with Crippen molar-refractivity contribution in [2.45, 2.75) is 30.8 Å². The number of amides is 2. The van der Waals surface area contributed by atoms with Gasteiger partial charge in [0, 0.05) is 23.7 Å². The first-order valence-corrected chi connectivity index (χ1v) is 9.69. The Morgan fingerprint density at radius 3 is 2.80 bits per heavy atom. The zero-order valence-electron chi connectivity index (χ0n) is 15.8. The number of alkyl halides is 1. The highest BCUT2D eigenvalue weighted by Crippen LogP contribution is 2.54. The molecule has 3 atom stereocenters. The van der Waals surface area contributed by atoms with E-state index in [9.17, 15) is 14.0 Å². The van der Waals surface area contributed by atoms with Crippen molar-refractivity contribution in [1.29, 1.82) is 0 Å². The molecular formula is C21H18FN5O3.